The van der Waals surface area contributed by atoms with Gasteiger partial charge in [-0.05, 0) is 72.8 Å². The maximum atomic E-state index is 13.6. The lowest BCUT2D eigenvalue weighted by atomic mass is 9.86. The number of anilines is 3. The second kappa shape index (κ2) is 15.4. The van der Waals surface area contributed by atoms with Gasteiger partial charge in [-0.2, -0.15) is 0 Å². The maximum Gasteiger partial charge on any atom is 0.293 e. The topological polar surface area (TPSA) is 103 Å². The number of hydrogen-bond acceptors (Lipinski definition) is 7. The number of carbonyl (C=O) groups excluding carboxylic acids is 2. The number of rotatable bonds is 10. The monoisotopic (exact) mass is 677 g/mol. The van der Waals surface area contributed by atoms with E-state index in [9.17, 15) is 14.4 Å². The van der Waals surface area contributed by atoms with Crippen molar-refractivity contribution >= 4 is 29.0 Å². The van der Waals surface area contributed by atoms with Gasteiger partial charge in [0.15, 0.2) is 5.82 Å². The fraction of sp³-hybridized carbons (Fsp3) is 0.400. The second-order valence-corrected chi connectivity index (χ2v) is 14.1. The molecule has 10 nitrogen and oxygen atoms in total. The van der Waals surface area contributed by atoms with Crippen molar-refractivity contribution in [3.8, 4) is 11.3 Å². The molecule has 0 radical (unpaired) electrons. The molecule has 0 aliphatic carbocycles. The van der Waals surface area contributed by atoms with Crippen LogP contribution in [0, 0.1) is 6.92 Å². The lowest BCUT2D eigenvalue weighted by Gasteiger charge is -2.39. The van der Waals surface area contributed by atoms with Crippen molar-refractivity contribution in [3.05, 3.63) is 106 Å². The van der Waals surface area contributed by atoms with Crippen LogP contribution in [0.3, 0.4) is 0 Å². The Morgan fingerprint density at radius 3 is 2.20 bits per heavy atom. The lowest BCUT2D eigenvalue weighted by molar-refractivity contribution is -0.136. The van der Waals surface area contributed by atoms with E-state index in [-0.39, 0.29) is 34.6 Å². The van der Waals surface area contributed by atoms with Crippen molar-refractivity contribution in [1.82, 2.24) is 24.3 Å². The number of nitrogens with one attached hydrogen (secondary N) is 2. The van der Waals surface area contributed by atoms with Gasteiger partial charge in [0.05, 0.1) is 5.69 Å². The number of aryl methyl sites for hydroxylation is 1. The summed E-state index contributed by atoms with van der Waals surface area (Å²) < 4.78 is 1.51. The zero-order valence-electron chi connectivity index (χ0n) is 30.7. The Morgan fingerprint density at radius 1 is 0.940 bits per heavy atom. The van der Waals surface area contributed by atoms with Gasteiger partial charge in [-0.1, -0.05) is 64.1 Å². The lowest BCUT2D eigenvalue weighted by Crippen LogP contribution is -2.51. The Bertz CT molecular complexity index is 1870. The van der Waals surface area contributed by atoms with Crippen LogP contribution in [0.2, 0.25) is 0 Å². The van der Waals surface area contributed by atoms with Gasteiger partial charge in [-0.25, -0.2) is 4.98 Å². The van der Waals surface area contributed by atoms with E-state index in [2.05, 4.69) is 48.1 Å². The van der Waals surface area contributed by atoms with E-state index in [1.54, 1.807) is 18.1 Å². The van der Waals surface area contributed by atoms with Crippen LogP contribution >= 0.6 is 0 Å². The van der Waals surface area contributed by atoms with Crippen molar-refractivity contribution < 1.29 is 9.59 Å². The average Bonchev–Trinajstić information content (AvgIpc) is 3.11. The highest BCUT2D eigenvalue weighted by Gasteiger charge is 2.32. The molecule has 3 aromatic carbocycles. The molecule has 5 rings (SSSR count). The maximum absolute atomic E-state index is 13.6. The number of nitrogens with zero attached hydrogens (tertiary/aromatic N) is 5. The summed E-state index contributed by atoms with van der Waals surface area (Å²) >= 11 is 0. The molecule has 1 saturated heterocycles. The molecular weight excluding hydrogens is 626 g/mol. The fourth-order valence-electron chi connectivity index (χ4n) is 6.28. The molecule has 2 heterocycles. The molecule has 1 aromatic heterocycles. The standard InChI is InChI=1S/C40H51N7O3/c1-9-44(7)38(49)35(47-24-22-46(10-2)23-25-47)28-16-20-31(21-17-28)41-36-39(50)45(8)26-34(42-36)32-12-11-13-33(27(32)3)43-37(48)29-14-18-30(19-15-29)40(4,5)6/h11-21,26,35H,9-10,22-25H2,1-8H3,(H,41,42)(H,43,48). The summed E-state index contributed by atoms with van der Waals surface area (Å²) in [6, 6.07) is 20.7. The summed E-state index contributed by atoms with van der Waals surface area (Å²) in [4.78, 5) is 51.2. The van der Waals surface area contributed by atoms with Crippen LogP contribution in [-0.4, -0.2) is 82.4 Å². The number of aromatic nitrogens is 2. The van der Waals surface area contributed by atoms with Crippen LogP contribution in [0.4, 0.5) is 17.2 Å². The second-order valence-electron chi connectivity index (χ2n) is 14.1. The number of benzene rings is 3. The van der Waals surface area contributed by atoms with Gasteiger partial charge in [-0.3, -0.25) is 19.3 Å². The summed E-state index contributed by atoms with van der Waals surface area (Å²) in [5, 5.41) is 6.27. The first-order valence-electron chi connectivity index (χ1n) is 17.5. The van der Waals surface area contributed by atoms with Gasteiger partial charge in [0.1, 0.15) is 6.04 Å². The molecule has 1 aliphatic rings. The van der Waals surface area contributed by atoms with Crippen LogP contribution in [0.25, 0.3) is 11.3 Å². The van der Waals surface area contributed by atoms with Gasteiger partial charge < -0.3 is 25.0 Å². The highest BCUT2D eigenvalue weighted by Crippen LogP contribution is 2.30. The number of piperazine rings is 1. The Kier molecular flexibility index (Phi) is 11.2. The van der Waals surface area contributed by atoms with Crippen molar-refractivity contribution in [1.29, 1.82) is 0 Å². The van der Waals surface area contributed by atoms with Crippen LogP contribution < -0.4 is 16.2 Å². The zero-order valence-corrected chi connectivity index (χ0v) is 30.7. The smallest absolute Gasteiger partial charge is 0.293 e. The summed E-state index contributed by atoms with van der Waals surface area (Å²) in [6.07, 6.45) is 1.70. The van der Waals surface area contributed by atoms with E-state index < -0.39 is 0 Å². The van der Waals surface area contributed by atoms with E-state index in [4.69, 9.17) is 4.98 Å². The number of carbonyl (C=O) groups is 2. The van der Waals surface area contributed by atoms with Crippen LogP contribution in [0.1, 0.15) is 67.7 Å². The Labute approximate surface area is 296 Å². The van der Waals surface area contributed by atoms with E-state index in [1.165, 1.54) is 4.57 Å². The Balaban J connectivity index is 1.37. The molecule has 2 N–H and O–H groups in total. The number of likely N-dealkylation sites (N-methyl/N-ethyl adjacent to an activating group) is 2. The first-order valence-corrected chi connectivity index (χ1v) is 17.5. The Morgan fingerprint density at radius 2 is 1.60 bits per heavy atom. The van der Waals surface area contributed by atoms with E-state index in [0.717, 1.165) is 55.0 Å². The zero-order chi connectivity index (χ0) is 36.2. The summed E-state index contributed by atoms with van der Waals surface area (Å²) in [7, 11) is 3.54. The van der Waals surface area contributed by atoms with E-state index >= 15 is 0 Å². The molecule has 0 spiro atoms. The number of hydrogen-bond donors (Lipinski definition) is 2. The predicted octanol–water partition coefficient (Wildman–Crippen LogP) is 6.21. The van der Waals surface area contributed by atoms with Crippen molar-refractivity contribution in [2.24, 2.45) is 7.05 Å². The minimum atomic E-state index is -0.374. The van der Waals surface area contributed by atoms with E-state index in [1.807, 2.05) is 87.6 Å². The van der Waals surface area contributed by atoms with E-state index in [0.29, 0.717) is 29.2 Å². The third kappa shape index (κ3) is 8.14. The molecule has 1 unspecified atom stereocenters. The molecule has 4 aromatic rings. The Hall–Kier alpha value is -4.80. The van der Waals surface area contributed by atoms with Gasteiger partial charge in [0.2, 0.25) is 5.91 Å². The normalized spacial score (nSPS) is 14.6. The molecule has 0 bridgehead atoms. The van der Waals surface area contributed by atoms with Crippen LogP contribution in [0.5, 0.6) is 0 Å². The first kappa shape index (κ1) is 36.5. The molecule has 1 fully saturated rings. The summed E-state index contributed by atoms with van der Waals surface area (Å²) in [5.74, 6) is 0.0617. The van der Waals surface area contributed by atoms with Gasteiger partial charge in [0, 0.05) is 75.5 Å². The van der Waals surface area contributed by atoms with Gasteiger partial charge in [0.25, 0.3) is 11.5 Å². The fourth-order valence-corrected chi connectivity index (χ4v) is 6.28. The molecule has 1 aliphatic heterocycles. The minimum absolute atomic E-state index is 0.000830. The highest BCUT2D eigenvalue weighted by atomic mass is 16.2. The van der Waals surface area contributed by atoms with Crippen molar-refractivity contribution in [2.45, 2.75) is 53.0 Å². The highest BCUT2D eigenvalue weighted by molar-refractivity contribution is 6.05. The summed E-state index contributed by atoms with van der Waals surface area (Å²) in [6.45, 7) is 17.7. The third-order valence-corrected chi connectivity index (χ3v) is 9.74. The molecule has 1 atom stereocenters. The first-order chi connectivity index (χ1) is 23.8. The van der Waals surface area contributed by atoms with Crippen molar-refractivity contribution in [2.75, 3.05) is 56.9 Å². The van der Waals surface area contributed by atoms with Gasteiger partial charge in [-0.15, -0.1) is 0 Å². The largest absolute Gasteiger partial charge is 0.344 e. The molecule has 50 heavy (non-hydrogen) atoms. The average molecular weight is 678 g/mol. The summed E-state index contributed by atoms with van der Waals surface area (Å²) in [5.41, 5.74) is 5.96. The number of amides is 2. The molecule has 264 valence electrons. The molecule has 2 amide bonds. The molecular formula is C40H51N7O3. The quantitative estimate of drug-likeness (QED) is 0.206. The van der Waals surface area contributed by atoms with Gasteiger partial charge >= 0.3 is 0 Å². The SMILES string of the molecule is CCN1CCN(C(C(=O)N(C)CC)c2ccc(Nc3nc(-c4cccc(NC(=O)c5ccc(C(C)(C)C)cc5)c4C)cn(C)c3=O)cc2)CC1. The van der Waals surface area contributed by atoms with Crippen molar-refractivity contribution in [3.63, 3.8) is 0 Å². The van der Waals surface area contributed by atoms with Crippen LogP contribution in [-0.2, 0) is 17.3 Å². The third-order valence-electron chi connectivity index (χ3n) is 9.74. The predicted molar refractivity (Wildman–Crippen MR) is 202 cm³/mol. The molecule has 0 saturated carbocycles. The molecule has 10 heteroatoms. The minimum Gasteiger partial charge on any atom is -0.344 e. The van der Waals surface area contributed by atoms with Crippen LogP contribution in [0.15, 0.2) is 77.7 Å².